The van der Waals surface area contributed by atoms with E-state index in [0.717, 1.165) is 18.7 Å². The maximum atomic E-state index is 14.3. The van der Waals surface area contributed by atoms with Gasteiger partial charge in [0.1, 0.15) is 5.69 Å². The maximum absolute atomic E-state index is 14.3. The highest BCUT2D eigenvalue weighted by atomic mass is 79.9. The highest BCUT2D eigenvalue weighted by molar-refractivity contribution is 9.09. The number of fused-ring (bicyclic) bond motifs is 4. The molecule has 244 valence electrons. The first kappa shape index (κ1) is 31.5. The van der Waals surface area contributed by atoms with Crippen LogP contribution >= 0.6 is 15.9 Å². The molecule has 4 heterocycles. The molecule has 4 aromatic rings. The molecule has 2 aromatic carbocycles. The van der Waals surface area contributed by atoms with Crippen LogP contribution in [0.4, 0.5) is 10.5 Å². The average molecular weight is 699 g/mol. The Bertz CT molecular complexity index is 1860. The number of aromatic amines is 2. The molecule has 13 nitrogen and oxygen atoms in total. The van der Waals surface area contributed by atoms with Crippen LogP contribution in [0, 0.1) is 6.92 Å². The van der Waals surface area contributed by atoms with Gasteiger partial charge in [-0.1, -0.05) is 15.9 Å². The van der Waals surface area contributed by atoms with Crippen molar-refractivity contribution in [1.82, 2.24) is 19.8 Å². The van der Waals surface area contributed by atoms with Crippen molar-refractivity contribution in [3.05, 3.63) is 40.7 Å². The number of halogens is 1. The number of carbonyl (C=O) groups excluding carboxylic acids is 3. The number of aromatic nitrogens is 2. The molecule has 2 aliphatic heterocycles. The number of rotatable bonds is 7. The molecule has 46 heavy (non-hydrogen) atoms. The zero-order chi connectivity index (χ0) is 32.9. The van der Waals surface area contributed by atoms with Gasteiger partial charge in [0.05, 0.1) is 50.7 Å². The highest BCUT2D eigenvalue weighted by Crippen LogP contribution is 2.49. The molecule has 14 heteroatoms. The van der Waals surface area contributed by atoms with E-state index < -0.39 is 12.1 Å². The lowest BCUT2D eigenvalue weighted by Gasteiger charge is -2.31. The summed E-state index contributed by atoms with van der Waals surface area (Å²) in [5.74, 6) is 0.458. The Kier molecular flexibility index (Phi) is 8.51. The number of nitrogens with zero attached hydrogens (tertiary/aromatic N) is 3. The summed E-state index contributed by atoms with van der Waals surface area (Å²) in [5.41, 5.74) is 3.59. The first-order valence-electron chi connectivity index (χ1n) is 14.8. The number of aryl methyl sites for hydroxylation is 1. The van der Waals surface area contributed by atoms with E-state index in [0.29, 0.717) is 86.7 Å². The number of hydrogen-bond donors (Lipinski definition) is 2. The van der Waals surface area contributed by atoms with Crippen molar-refractivity contribution in [3.8, 4) is 23.0 Å². The third-order valence-corrected chi connectivity index (χ3v) is 9.56. The zero-order valence-corrected chi connectivity index (χ0v) is 28.1. The number of esters is 1. The smallest absolute Gasteiger partial charge is 0.415 e. The predicted molar refractivity (Wildman–Crippen MR) is 176 cm³/mol. The summed E-state index contributed by atoms with van der Waals surface area (Å²) in [6.07, 6.45) is -0.500. The van der Waals surface area contributed by atoms with Crippen LogP contribution < -0.4 is 23.8 Å². The Morgan fingerprint density at radius 3 is 2.26 bits per heavy atom. The number of ether oxygens (including phenoxy) is 5. The summed E-state index contributed by atoms with van der Waals surface area (Å²) >= 11 is 3.63. The van der Waals surface area contributed by atoms with Gasteiger partial charge in [-0.05, 0) is 31.7 Å². The molecule has 0 radical (unpaired) electrons. The minimum atomic E-state index is -0.530. The third-order valence-electron chi connectivity index (χ3n) is 8.78. The zero-order valence-electron chi connectivity index (χ0n) is 26.5. The number of alkyl halides is 1. The van der Waals surface area contributed by atoms with Gasteiger partial charge in [-0.25, -0.2) is 9.59 Å². The lowest BCUT2D eigenvalue weighted by atomic mass is 9.95. The number of amides is 2. The molecule has 2 aliphatic rings. The van der Waals surface area contributed by atoms with Crippen LogP contribution in [-0.2, 0) is 4.74 Å². The van der Waals surface area contributed by atoms with E-state index in [1.165, 1.54) is 28.4 Å². The second kappa shape index (κ2) is 12.4. The largest absolute Gasteiger partial charge is 0.493 e. The van der Waals surface area contributed by atoms with E-state index in [1.54, 1.807) is 34.9 Å². The molecule has 0 spiro atoms. The van der Waals surface area contributed by atoms with Gasteiger partial charge in [0.2, 0.25) is 5.75 Å². The molecule has 0 saturated carbocycles. The number of carbonyl (C=O) groups is 3. The van der Waals surface area contributed by atoms with E-state index in [2.05, 4.69) is 30.8 Å². The van der Waals surface area contributed by atoms with Gasteiger partial charge < -0.3 is 48.4 Å². The summed E-state index contributed by atoms with van der Waals surface area (Å²) in [7, 11) is 7.89. The van der Waals surface area contributed by atoms with Crippen molar-refractivity contribution in [1.29, 1.82) is 0 Å². The van der Waals surface area contributed by atoms with Crippen LogP contribution in [0.5, 0.6) is 23.0 Å². The topological polar surface area (TPSA) is 139 Å². The summed E-state index contributed by atoms with van der Waals surface area (Å²) < 4.78 is 27.9. The Morgan fingerprint density at radius 2 is 1.63 bits per heavy atom. The molecule has 1 fully saturated rings. The normalized spacial score (nSPS) is 16.5. The summed E-state index contributed by atoms with van der Waals surface area (Å²) in [6.45, 7) is 4.59. The predicted octanol–water partition coefficient (Wildman–Crippen LogP) is 4.66. The number of H-pyrrole nitrogens is 2. The number of likely N-dealkylation sites (N-methyl/N-ethyl adjacent to an activating group) is 1. The SMILES string of the molecule is COC(=O)c1c(C)[nH]c2c(OC(=O)N3CCN(C)CC3)cc3c(c12)[C@H](CBr)CN3C(=O)c1cc2cc(OC)c(OC)c(OC)c2[nH]1. The lowest BCUT2D eigenvalue weighted by Crippen LogP contribution is -2.48. The molecule has 0 unspecified atom stereocenters. The van der Waals surface area contributed by atoms with Gasteiger partial charge in [0, 0.05) is 66.5 Å². The van der Waals surface area contributed by atoms with Crippen molar-refractivity contribution in [2.45, 2.75) is 12.8 Å². The van der Waals surface area contributed by atoms with Crippen LogP contribution in [0.1, 0.15) is 38.0 Å². The third kappa shape index (κ3) is 5.09. The van der Waals surface area contributed by atoms with Gasteiger partial charge in [0.25, 0.3) is 5.91 Å². The molecule has 1 atom stereocenters. The van der Waals surface area contributed by atoms with Crippen LogP contribution in [0.3, 0.4) is 0 Å². The Balaban J connectivity index is 1.49. The second-order valence-electron chi connectivity index (χ2n) is 11.4. The van der Waals surface area contributed by atoms with E-state index in [4.69, 9.17) is 23.7 Å². The van der Waals surface area contributed by atoms with Gasteiger partial charge >= 0.3 is 12.1 Å². The first-order chi connectivity index (χ1) is 22.1. The van der Waals surface area contributed by atoms with E-state index in [1.807, 2.05) is 7.05 Å². The van der Waals surface area contributed by atoms with E-state index in [-0.39, 0.29) is 17.6 Å². The van der Waals surface area contributed by atoms with Crippen molar-refractivity contribution in [3.63, 3.8) is 0 Å². The van der Waals surface area contributed by atoms with Crippen LogP contribution in [0.2, 0.25) is 0 Å². The fourth-order valence-electron chi connectivity index (χ4n) is 6.44. The fourth-order valence-corrected chi connectivity index (χ4v) is 6.96. The van der Waals surface area contributed by atoms with E-state index >= 15 is 0 Å². The molecule has 0 aliphatic carbocycles. The Morgan fingerprint density at radius 1 is 0.913 bits per heavy atom. The van der Waals surface area contributed by atoms with Gasteiger partial charge in [0.15, 0.2) is 17.2 Å². The van der Waals surface area contributed by atoms with Crippen LogP contribution in [0.25, 0.3) is 21.8 Å². The Labute approximate surface area is 273 Å². The molecule has 2 N–H and O–H groups in total. The summed E-state index contributed by atoms with van der Waals surface area (Å²) in [6, 6.07) is 5.21. The van der Waals surface area contributed by atoms with Gasteiger partial charge in [-0.15, -0.1) is 0 Å². The number of hydrogen-bond acceptors (Lipinski definition) is 9. The molecule has 0 bridgehead atoms. The molecule has 1 saturated heterocycles. The summed E-state index contributed by atoms with van der Waals surface area (Å²) in [5, 5.41) is 1.77. The number of piperazine rings is 1. The number of benzene rings is 2. The maximum Gasteiger partial charge on any atom is 0.415 e. The van der Waals surface area contributed by atoms with Gasteiger partial charge in [-0.3, -0.25) is 4.79 Å². The Hall–Kier alpha value is -4.43. The van der Waals surface area contributed by atoms with Crippen molar-refractivity contribution in [2.24, 2.45) is 0 Å². The number of nitrogens with one attached hydrogen (secondary N) is 2. The molecular formula is C32H36BrN5O8. The number of methoxy groups -OCH3 is 4. The summed E-state index contributed by atoms with van der Waals surface area (Å²) in [4.78, 5) is 52.7. The number of anilines is 1. The van der Waals surface area contributed by atoms with Gasteiger partial charge in [-0.2, -0.15) is 0 Å². The molecule has 2 amide bonds. The quantitative estimate of drug-likeness (QED) is 0.209. The van der Waals surface area contributed by atoms with Crippen LogP contribution in [-0.4, -0.2) is 111 Å². The molecule has 2 aromatic heterocycles. The molecular weight excluding hydrogens is 662 g/mol. The average Bonchev–Trinajstić information content (AvgIpc) is 3.76. The molecule has 6 rings (SSSR count). The standard InChI is InChI=1S/C32H36BrN5O8/c1-16-23(31(40)45-6)25-24-18(14-33)15-38(20(24)13-21(27(25)34-16)46-32(41)37-9-7-36(2)8-10-37)30(39)19-11-17-12-22(42-3)28(43-4)29(44-5)26(17)35-19/h11-13,18,34-35H,7-10,14-15H2,1-6H3/t18-/m1/s1. The van der Waals surface area contributed by atoms with Crippen molar-refractivity contribution in [2.75, 3.05) is 78.4 Å². The lowest BCUT2D eigenvalue weighted by molar-refractivity contribution is 0.0602. The second-order valence-corrected chi connectivity index (χ2v) is 12.0. The highest BCUT2D eigenvalue weighted by Gasteiger charge is 2.39. The monoisotopic (exact) mass is 697 g/mol. The minimum absolute atomic E-state index is 0.179. The van der Waals surface area contributed by atoms with Crippen molar-refractivity contribution < 1.29 is 38.1 Å². The minimum Gasteiger partial charge on any atom is -0.493 e. The van der Waals surface area contributed by atoms with Crippen LogP contribution in [0.15, 0.2) is 18.2 Å². The van der Waals surface area contributed by atoms with E-state index in [9.17, 15) is 14.4 Å². The first-order valence-corrected chi connectivity index (χ1v) is 15.9. The van der Waals surface area contributed by atoms with Crippen molar-refractivity contribution >= 4 is 61.4 Å². The fraction of sp³-hybridized carbons (Fsp3) is 0.406.